The second-order valence-corrected chi connectivity index (χ2v) is 14.6. The van der Waals surface area contributed by atoms with Gasteiger partial charge in [-0.05, 0) is 61.1 Å². The lowest BCUT2D eigenvalue weighted by Gasteiger charge is -2.50. The highest BCUT2D eigenvalue weighted by molar-refractivity contribution is 9.10. The average molecular weight is 784 g/mol. The third-order valence-corrected chi connectivity index (χ3v) is 12.0. The topological polar surface area (TPSA) is 95.0 Å². The van der Waals surface area contributed by atoms with Gasteiger partial charge >= 0.3 is 0 Å². The smallest absolute Gasteiger partial charge is 0.258 e. The van der Waals surface area contributed by atoms with Crippen LogP contribution in [0.1, 0.15) is 36.8 Å². The van der Waals surface area contributed by atoms with Crippen LogP contribution in [0.5, 0.6) is 5.75 Å². The maximum Gasteiger partial charge on any atom is 0.258 e. The van der Waals surface area contributed by atoms with E-state index < -0.39 is 104 Å². The standard InChI is InChI=1S/C34H22BrCl2F5N2O5/c1-2-13-3-6-15(7-4-13)43-29(46)17-9-8-16-19(21(17)30(43)47)12-33(36)31(48)44(28-26(41)24(39)23(38)25(40)27(28)42)32(49)34(33,37)22(16)18-11-14(35)5-10-20(18)45/h3-8,10-11,17,19,21-22,45H,2,9,12H2,1H3. The van der Waals surface area contributed by atoms with E-state index in [0.717, 1.165) is 10.5 Å². The number of nitrogens with zero attached hydrogens (tertiary/aromatic N) is 2. The van der Waals surface area contributed by atoms with Crippen molar-refractivity contribution in [2.45, 2.75) is 41.9 Å². The molecular weight excluding hydrogens is 762 g/mol. The minimum absolute atomic E-state index is 0.0262. The number of allylic oxidation sites excluding steroid dienone is 2. The molecule has 2 aliphatic carbocycles. The largest absolute Gasteiger partial charge is 0.508 e. The van der Waals surface area contributed by atoms with Crippen molar-refractivity contribution in [2.24, 2.45) is 17.8 Å². The first kappa shape index (κ1) is 33.7. The fourth-order valence-electron chi connectivity index (χ4n) is 7.80. The minimum Gasteiger partial charge on any atom is -0.508 e. The summed E-state index contributed by atoms with van der Waals surface area (Å²) in [5.74, 6) is -21.9. The molecule has 4 aliphatic rings. The molecule has 6 unspecified atom stereocenters. The molecule has 4 amide bonds. The number of imide groups is 2. The number of rotatable bonds is 4. The first-order valence-corrected chi connectivity index (χ1v) is 16.6. The SMILES string of the molecule is CCc1ccc(N2C(=O)C3CC=C4C(CC5(Cl)C(=O)N(c6c(F)c(F)c(F)c(F)c6F)C(=O)C5(Cl)C4c4cc(Br)ccc4O)C3C2=O)cc1. The third kappa shape index (κ3) is 4.37. The number of hydrogen-bond acceptors (Lipinski definition) is 5. The molecule has 0 spiro atoms. The van der Waals surface area contributed by atoms with Crippen molar-refractivity contribution in [1.29, 1.82) is 0 Å². The van der Waals surface area contributed by atoms with Gasteiger partial charge in [0.1, 0.15) is 11.4 Å². The van der Waals surface area contributed by atoms with Crippen molar-refractivity contribution in [1.82, 2.24) is 0 Å². The number of hydrogen-bond donors (Lipinski definition) is 1. The molecule has 0 bridgehead atoms. The molecule has 49 heavy (non-hydrogen) atoms. The van der Waals surface area contributed by atoms with Gasteiger partial charge in [-0.25, -0.2) is 26.9 Å². The van der Waals surface area contributed by atoms with E-state index in [9.17, 15) is 37.5 Å². The van der Waals surface area contributed by atoms with Crippen LogP contribution < -0.4 is 9.80 Å². The monoisotopic (exact) mass is 782 g/mol. The highest BCUT2D eigenvalue weighted by Gasteiger charge is 2.77. The summed E-state index contributed by atoms with van der Waals surface area (Å²) in [6, 6.07) is 10.8. The maximum atomic E-state index is 15.2. The number of phenolic OH excluding ortho intramolecular Hbond substituents is 1. The Labute approximate surface area is 293 Å². The van der Waals surface area contributed by atoms with Crippen molar-refractivity contribution in [3.63, 3.8) is 0 Å². The molecule has 3 aromatic carbocycles. The predicted molar refractivity (Wildman–Crippen MR) is 171 cm³/mol. The zero-order valence-electron chi connectivity index (χ0n) is 25.0. The first-order chi connectivity index (χ1) is 23.1. The van der Waals surface area contributed by atoms with Gasteiger partial charge in [0.25, 0.3) is 11.8 Å². The quantitative estimate of drug-likeness (QED) is 0.0756. The minimum atomic E-state index is -2.74. The Kier molecular flexibility index (Phi) is 7.81. The van der Waals surface area contributed by atoms with Crippen LogP contribution in [0.3, 0.4) is 0 Å². The second kappa shape index (κ2) is 11.4. The Balaban J connectivity index is 1.43. The number of carbonyl (C=O) groups is 4. The normalized spacial score (nSPS) is 29.3. The van der Waals surface area contributed by atoms with Crippen molar-refractivity contribution in [3.8, 4) is 5.75 Å². The number of benzene rings is 3. The van der Waals surface area contributed by atoms with E-state index in [0.29, 0.717) is 16.6 Å². The van der Waals surface area contributed by atoms with Crippen LogP contribution in [0.15, 0.2) is 58.6 Å². The molecule has 254 valence electrons. The number of phenols is 1. The van der Waals surface area contributed by atoms with Gasteiger partial charge in [-0.2, -0.15) is 0 Å². The zero-order chi connectivity index (χ0) is 35.5. The molecule has 0 aromatic heterocycles. The van der Waals surface area contributed by atoms with Gasteiger partial charge < -0.3 is 5.11 Å². The highest BCUT2D eigenvalue weighted by atomic mass is 79.9. The third-order valence-electron chi connectivity index (χ3n) is 10.1. The fourth-order valence-corrected chi connectivity index (χ4v) is 9.11. The van der Waals surface area contributed by atoms with E-state index in [1.807, 2.05) is 6.92 Å². The van der Waals surface area contributed by atoms with E-state index >= 15 is 8.78 Å². The van der Waals surface area contributed by atoms with Gasteiger partial charge in [0.05, 0.1) is 17.5 Å². The number of amides is 4. The van der Waals surface area contributed by atoms with Crippen LogP contribution in [0, 0.1) is 46.8 Å². The summed E-state index contributed by atoms with van der Waals surface area (Å²) in [4.78, 5) is 51.9. The van der Waals surface area contributed by atoms with Gasteiger partial charge in [0.15, 0.2) is 33.0 Å². The number of aryl methyl sites for hydroxylation is 1. The van der Waals surface area contributed by atoms with Gasteiger partial charge in [0, 0.05) is 16.0 Å². The molecule has 6 atom stereocenters. The molecule has 3 fully saturated rings. The lowest BCUT2D eigenvalue weighted by molar-refractivity contribution is -0.125. The fraction of sp³-hybridized carbons (Fsp3) is 0.294. The summed E-state index contributed by atoms with van der Waals surface area (Å²) < 4.78 is 73.5. The summed E-state index contributed by atoms with van der Waals surface area (Å²) in [5.41, 5.74) is -0.476. The molecule has 1 N–H and O–H groups in total. The molecule has 15 heteroatoms. The molecular formula is C34H22BrCl2F5N2O5. The van der Waals surface area contributed by atoms with E-state index in [2.05, 4.69) is 15.9 Å². The van der Waals surface area contributed by atoms with E-state index in [1.54, 1.807) is 30.3 Å². The van der Waals surface area contributed by atoms with Gasteiger partial charge in [0.2, 0.25) is 17.6 Å². The summed E-state index contributed by atoms with van der Waals surface area (Å²) in [6.07, 6.45) is 1.60. The first-order valence-electron chi connectivity index (χ1n) is 15.0. The summed E-state index contributed by atoms with van der Waals surface area (Å²) in [5, 5.41) is 11.1. The van der Waals surface area contributed by atoms with Crippen LogP contribution in [-0.4, -0.2) is 38.5 Å². The molecule has 1 saturated carbocycles. The average Bonchev–Trinajstić information content (AvgIpc) is 3.42. The van der Waals surface area contributed by atoms with Crippen LogP contribution in [-0.2, 0) is 25.6 Å². The summed E-state index contributed by atoms with van der Waals surface area (Å²) in [6.45, 7) is 1.94. The van der Waals surface area contributed by atoms with E-state index in [1.165, 1.54) is 18.2 Å². The maximum absolute atomic E-state index is 15.2. The lowest BCUT2D eigenvalue weighted by atomic mass is 9.56. The Morgan fingerprint density at radius 1 is 0.837 bits per heavy atom. The van der Waals surface area contributed by atoms with Crippen molar-refractivity contribution >= 4 is 74.1 Å². The van der Waals surface area contributed by atoms with Crippen LogP contribution in [0.2, 0.25) is 0 Å². The Morgan fingerprint density at radius 2 is 1.45 bits per heavy atom. The van der Waals surface area contributed by atoms with Crippen molar-refractivity contribution in [3.05, 3.63) is 98.8 Å². The Morgan fingerprint density at radius 3 is 2.06 bits per heavy atom. The Bertz CT molecular complexity index is 2040. The van der Waals surface area contributed by atoms with Gasteiger partial charge in [-0.3, -0.25) is 24.1 Å². The molecule has 2 saturated heterocycles. The number of carbonyl (C=O) groups excluding carboxylic acids is 4. The van der Waals surface area contributed by atoms with Crippen LogP contribution >= 0.6 is 39.1 Å². The summed E-state index contributed by atoms with van der Waals surface area (Å²) in [7, 11) is 0. The number of halogens is 8. The molecule has 3 aromatic rings. The number of anilines is 2. The van der Waals surface area contributed by atoms with Crippen molar-refractivity contribution in [2.75, 3.05) is 9.80 Å². The van der Waals surface area contributed by atoms with Crippen LogP contribution in [0.4, 0.5) is 33.3 Å². The molecule has 0 radical (unpaired) electrons. The van der Waals surface area contributed by atoms with E-state index in [4.69, 9.17) is 23.2 Å². The molecule has 2 heterocycles. The highest BCUT2D eigenvalue weighted by Crippen LogP contribution is 2.67. The number of alkyl halides is 2. The van der Waals surface area contributed by atoms with E-state index in [-0.39, 0.29) is 22.5 Å². The second-order valence-electron chi connectivity index (χ2n) is 12.4. The van der Waals surface area contributed by atoms with Gasteiger partial charge in [-0.15, -0.1) is 23.2 Å². The Hall–Kier alpha value is -3.81. The molecule has 2 aliphatic heterocycles. The summed E-state index contributed by atoms with van der Waals surface area (Å²) >= 11 is 17.5. The lowest BCUT2D eigenvalue weighted by Crippen LogP contribution is -2.60. The zero-order valence-corrected chi connectivity index (χ0v) is 28.1. The van der Waals surface area contributed by atoms with Crippen LogP contribution in [0.25, 0.3) is 0 Å². The number of fused-ring (bicyclic) bond motifs is 4. The molecule has 7 rings (SSSR count). The molecule has 7 nitrogen and oxygen atoms in total. The van der Waals surface area contributed by atoms with Gasteiger partial charge in [-0.1, -0.05) is 46.6 Å². The number of aromatic hydroxyl groups is 1. The predicted octanol–water partition coefficient (Wildman–Crippen LogP) is 7.18. The van der Waals surface area contributed by atoms with Crippen molar-refractivity contribution < 1.29 is 46.2 Å².